The molecule has 0 amide bonds. The van der Waals surface area contributed by atoms with E-state index in [0.717, 1.165) is 44.1 Å². The average Bonchev–Trinajstić information content (AvgIpc) is 2.78. The molecule has 5 unspecified atom stereocenters. The van der Waals surface area contributed by atoms with Gasteiger partial charge in [0.05, 0.1) is 12.5 Å². The quantitative estimate of drug-likeness (QED) is 0.110. The van der Waals surface area contributed by atoms with Gasteiger partial charge in [-0.2, -0.15) is 0 Å². The fourth-order valence-electron chi connectivity index (χ4n) is 4.88. The third kappa shape index (κ3) is 21.8. The van der Waals surface area contributed by atoms with Gasteiger partial charge in [0.2, 0.25) is 0 Å². The zero-order chi connectivity index (χ0) is 26.5. The summed E-state index contributed by atoms with van der Waals surface area (Å²) < 4.78 is 5.18. The van der Waals surface area contributed by atoms with Gasteiger partial charge in [-0.15, -0.1) is 0 Å². The highest BCUT2D eigenvalue weighted by molar-refractivity contribution is 5.67. The molecule has 0 fully saturated rings. The van der Waals surface area contributed by atoms with Crippen LogP contribution in [0.4, 0.5) is 0 Å². The van der Waals surface area contributed by atoms with E-state index in [4.69, 9.17) is 9.84 Å². The van der Waals surface area contributed by atoms with E-state index in [1.54, 1.807) is 12.7 Å². The molecule has 0 spiro atoms. The molecule has 0 aliphatic heterocycles. The fourth-order valence-corrected chi connectivity index (χ4v) is 4.88. The van der Waals surface area contributed by atoms with Crippen LogP contribution in [-0.4, -0.2) is 36.0 Å². The minimum absolute atomic E-state index is 0.150. The van der Waals surface area contributed by atoms with Crippen LogP contribution in [0, 0.1) is 23.7 Å². The van der Waals surface area contributed by atoms with Crippen LogP contribution in [0.2, 0.25) is 0 Å². The molecule has 2 N–H and O–H groups in total. The molecular weight excluding hydrogens is 436 g/mol. The molecule has 0 radical (unpaired) electrons. The van der Waals surface area contributed by atoms with Crippen LogP contribution in [0.3, 0.4) is 0 Å². The van der Waals surface area contributed by atoms with Gasteiger partial charge in [-0.3, -0.25) is 4.79 Å². The Kier molecular flexibility index (Phi) is 21.4. The minimum atomic E-state index is -0.926. The zero-order valence-corrected chi connectivity index (χ0v) is 23.9. The van der Waals surface area contributed by atoms with Crippen LogP contribution >= 0.6 is 0 Å². The van der Waals surface area contributed by atoms with Crippen molar-refractivity contribution in [2.75, 3.05) is 13.7 Å². The summed E-state index contributed by atoms with van der Waals surface area (Å²) in [5, 5.41) is 18.4. The lowest BCUT2D eigenvalue weighted by Gasteiger charge is -2.17. The molecule has 4 nitrogen and oxygen atoms in total. The number of unbranched alkanes of at least 4 members (excludes halogenated alkanes) is 1. The van der Waals surface area contributed by atoms with Crippen LogP contribution in [0.15, 0.2) is 23.8 Å². The average molecular weight is 495 g/mol. The molecule has 0 rings (SSSR count). The number of allylic oxidation sites excluding steroid dienone is 4. The molecule has 0 bridgehead atoms. The molecule has 0 aliphatic rings. The summed E-state index contributed by atoms with van der Waals surface area (Å²) in [6.45, 7) is 12.4. The number of aliphatic hydroxyl groups excluding tert-OH is 1. The molecular formula is C31H58O4. The van der Waals surface area contributed by atoms with Gasteiger partial charge in [-0.05, 0) is 87.9 Å². The number of rotatable bonds is 23. The van der Waals surface area contributed by atoms with E-state index in [1.807, 2.05) is 0 Å². The second-order valence-electron chi connectivity index (χ2n) is 11.2. The summed E-state index contributed by atoms with van der Waals surface area (Å²) in [4.78, 5) is 10.6. The number of carbonyl (C=O) groups is 1. The van der Waals surface area contributed by atoms with Crippen molar-refractivity contribution in [1.29, 1.82) is 0 Å². The Hall–Kier alpha value is -1.13. The van der Waals surface area contributed by atoms with E-state index < -0.39 is 12.1 Å². The third-order valence-electron chi connectivity index (χ3n) is 7.12. The molecule has 0 saturated carbocycles. The van der Waals surface area contributed by atoms with Gasteiger partial charge in [0.25, 0.3) is 0 Å². The van der Waals surface area contributed by atoms with Crippen LogP contribution in [-0.2, 0) is 9.53 Å². The largest absolute Gasteiger partial charge is 0.481 e. The molecule has 0 aromatic heterocycles. The van der Waals surface area contributed by atoms with Crippen molar-refractivity contribution in [3.63, 3.8) is 0 Å². The van der Waals surface area contributed by atoms with Gasteiger partial charge in [0, 0.05) is 13.7 Å². The number of aliphatic hydroxyl groups is 1. The van der Waals surface area contributed by atoms with Gasteiger partial charge in [0.1, 0.15) is 0 Å². The highest BCUT2D eigenvalue weighted by atomic mass is 16.5. The predicted octanol–water partition coefficient (Wildman–Crippen LogP) is 8.59. The van der Waals surface area contributed by atoms with Crippen molar-refractivity contribution in [2.24, 2.45) is 23.7 Å². The van der Waals surface area contributed by atoms with E-state index in [0.29, 0.717) is 18.3 Å². The Bertz CT molecular complexity index is 568. The lowest BCUT2D eigenvalue weighted by molar-refractivity contribution is -0.139. The molecule has 0 heterocycles. The Morgan fingerprint density at radius 3 is 2.26 bits per heavy atom. The lowest BCUT2D eigenvalue weighted by atomic mass is 9.89. The second kappa shape index (κ2) is 22.1. The SMILES string of the molecule is CC/C=C(\CCCCOC)CCC(C)CCCC(C)CC(C)/C=C/CC(C)CCC(O)CC(=O)O. The Morgan fingerprint density at radius 1 is 0.886 bits per heavy atom. The van der Waals surface area contributed by atoms with E-state index in [2.05, 4.69) is 52.8 Å². The van der Waals surface area contributed by atoms with Gasteiger partial charge in [-0.25, -0.2) is 0 Å². The van der Waals surface area contributed by atoms with Crippen LogP contribution in [0.1, 0.15) is 125 Å². The molecule has 0 aliphatic carbocycles. The number of hydrogen-bond acceptors (Lipinski definition) is 3. The highest BCUT2D eigenvalue weighted by Gasteiger charge is 2.12. The molecule has 5 atom stereocenters. The molecule has 206 valence electrons. The number of methoxy groups -OCH3 is 1. The summed E-state index contributed by atoms with van der Waals surface area (Å²) in [6, 6.07) is 0. The fraction of sp³-hybridized carbons (Fsp3) is 0.839. The first-order chi connectivity index (χ1) is 16.7. The van der Waals surface area contributed by atoms with Crippen LogP contribution < -0.4 is 0 Å². The van der Waals surface area contributed by atoms with Crippen molar-refractivity contribution >= 4 is 5.97 Å². The molecule has 0 saturated heterocycles. The maximum Gasteiger partial charge on any atom is 0.305 e. The van der Waals surface area contributed by atoms with Crippen LogP contribution in [0.5, 0.6) is 0 Å². The molecule has 0 aromatic rings. The summed E-state index contributed by atoms with van der Waals surface area (Å²) in [6.07, 6.45) is 21.2. The van der Waals surface area contributed by atoms with Gasteiger partial charge in [0.15, 0.2) is 0 Å². The standard InChI is InChI=1S/C31H58O4/c1-7-12-29(17-8-9-22-35-6)20-18-25(2)13-10-15-27(4)23-28(5)16-11-14-26(3)19-21-30(32)24-31(33)34/h11-12,16,25-28,30,32H,7-10,13-15,17-24H2,1-6H3,(H,33,34)/b16-11+,29-12+. The van der Waals surface area contributed by atoms with Crippen LogP contribution in [0.25, 0.3) is 0 Å². The van der Waals surface area contributed by atoms with E-state index >= 15 is 0 Å². The predicted molar refractivity (Wildman–Crippen MR) is 150 cm³/mol. The van der Waals surface area contributed by atoms with E-state index in [9.17, 15) is 9.90 Å². The smallest absolute Gasteiger partial charge is 0.305 e. The topological polar surface area (TPSA) is 66.8 Å². The van der Waals surface area contributed by atoms with Gasteiger partial charge in [-0.1, -0.05) is 77.7 Å². The summed E-state index contributed by atoms with van der Waals surface area (Å²) in [5.41, 5.74) is 1.65. The maximum absolute atomic E-state index is 10.6. The second-order valence-corrected chi connectivity index (χ2v) is 11.2. The van der Waals surface area contributed by atoms with Crippen molar-refractivity contribution < 1.29 is 19.7 Å². The maximum atomic E-state index is 10.6. The van der Waals surface area contributed by atoms with Gasteiger partial charge < -0.3 is 14.9 Å². The number of ether oxygens (including phenoxy) is 1. The number of hydrogen-bond donors (Lipinski definition) is 2. The summed E-state index contributed by atoms with van der Waals surface area (Å²) in [5.74, 6) is 1.69. The van der Waals surface area contributed by atoms with Gasteiger partial charge >= 0.3 is 5.97 Å². The number of carboxylic acids is 1. The zero-order valence-electron chi connectivity index (χ0n) is 23.9. The van der Waals surface area contributed by atoms with E-state index in [1.165, 1.54) is 51.4 Å². The first kappa shape index (κ1) is 33.9. The van der Waals surface area contributed by atoms with E-state index in [-0.39, 0.29) is 6.42 Å². The normalized spacial score (nSPS) is 16.8. The highest BCUT2D eigenvalue weighted by Crippen LogP contribution is 2.24. The third-order valence-corrected chi connectivity index (χ3v) is 7.12. The molecule has 0 aromatic carbocycles. The first-order valence-electron chi connectivity index (χ1n) is 14.4. The van der Waals surface area contributed by atoms with Crippen molar-refractivity contribution in [3.8, 4) is 0 Å². The summed E-state index contributed by atoms with van der Waals surface area (Å²) in [7, 11) is 1.79. The van der Waals surface area contributed by atoms with Crippen molar-refractivity contribution in [3.05, 3.63) is 23.8 Å². The minimum Gasteiger partial charge on any atom is -0.481 e. The summed E-state index contributed by atoms with van der Waals surface area (Å²) >= 11 is 0. The Labute approximate surface area is 217 Å². The lowest BCUT2D eigenvalue weighted by Crippen LogP contribution is -2.13. The van der Waals surface area contributed by atoms with Crippen molar-refractivity contribution in [2.45, 2.75) is 131 Å². The van der Waals surface area contributed by atoms with Crippen molar-refractivity contribution in [1.82, 2.24) is 0 Å². The Balaban J connectivity index is 4.03. The monoisotopic (exact) mass is 494 g/mol. The number of aliphatic carboxylic acids is 1. The molecule has 35 heavy (non-hydrogen) atoms. The number of carboxylic acid groups (broad SMARTS) is 1. The Morgan fingerprint density at radius 2 is 1.60 bits per heavy atom. The first-order valence-corrected chi connectivity index (χ1v) is 14.4. The molecule has 4 heteroatoms.